The number of benzene rings is 2. The molecule has 0 heterocycles. The zero-order valence-electron chi connectivity index (χ0n) is 15.8. The van der Waals surface area contributed by atoms with Crippen LogP contribution in [0, 0.1) is 0 Å². The summed E-state index contributed by atoms with van der Waals surface area (Å²) in [6.07, 6.45) is 12.0. The lowest BCUT2D eigenvalue weighted by Gasteiger charge is -2.08. The molecule has 2 rings (SSSR count). The van der Waals surface area contributed by atoms with E-state index in [1.54, 1.807) is 6.07 Å². The van der Waals surface area contributed by atoms with Crippen LogP contribution in [0.25, 0.3) is 10.8 Å². The molecule has 0 fully saturated rings. The van der Waals surface area contributed by atoms with Crippen molar-refractivity contribution in [1.29, 1.82) is 0 Å². The van der Waals surface area contributed by atoms with Gasteiger partial charge in [-0.3, -0.25) is 0 Å². The molecular weight excluding hydrogens is 324 g/mol. The minimum Gasteiger partial charge on any atom is -0.494 e. The van der Waals surface area contributed by atoms with E-state index in [1.165, 1.54) is 45.6 Å². The average Bonchev–Trinajstić information content (AvgIpc) is 2.68. The Labute approximate surface area is 157 Å². The lowest BCUT2D eigenvalue weighted by molar-refractivity contribution is 0.0601. The Hall–Kier alpha value is -2.29. The number of fused-ring (bicyclic) bond motifs is 1. The number of hydrogen-bond acceptors (Lipinski definition) is 3. The summed E-state index contributed by atoms with van der Waals surface area (Å²) < 4.78 is 10.6. The second-order valence-electron chi connectivity index (χ2n) is 6.62. The number of hydrogen-bond donors (Lipinski definition) is 0. The Bertz CT molecular complexity index is 706. The van der Waals surface area contributed by atoms with Crippen LogP contribution in [0.2, 0.25) is 0 Å². The van der Waals surface area contributed by atoms with Crippen LogP contribution in [0.1, 0.15) is 61.7 Å². The third-order valence-electron chi connectivity index (χ3n) is 4.55. The van der Waals surface area contributed by atoms with Crippen molar-refractivity contribution in [2.45, 2.75) is 51.4 Å². The number of allylic oxidation sites excluding steroid dienone is 1. The van der Waals surface area contributed by atoms with Gasteiger partial charge in [-0.05, 0) is 54.3 Å². The van der Waals surface area contributed by atoms with Gasteiger partial charge in [0.05, 0.1) is 19.3 Å². The van der Waals surface area contributed by atoms with Crippen LogP contribution in [0.3, 0.4) is 0 Å². The van der Waals surface area contributed by atoms with Gasteiger partial charge in [0.25, 0.3) is 0 Å². The molecule has 3 nitrogen and oxygen atoms in total. The highest BCUT2D eigenvalue weighted by Crippen LogP contribution is 2.22. The lowest BCUT2D eigenvalue weighted by Crippen LogP contribution is -2.00. The highest BCUT2D eigenvalue weighted by Gasteiger charge is 2.06. The molecule has 0 spiro atoms. The molecule has 0 saturated heterocycles. The van der Waals surface area contributed by atoms with Crippen molar-refractivity contribution in [2.24, 2.45) is 0 Å². The van der Waals surface area contributed by atoms with Crippen molar-refractivity contribution in [3.63, 3.8) is 0 Å². The maximum atomic E-state index is 11.6. The van der Waals surface area contributed by atoms with Gasteiger partial charge < -0.3 is 9.47 Å². The van der Waals surface area contributed by atoms with Crippen molar-refractivity contribution < 1.29 is 14.3 Å². The van der Waals surface area contributed by atoms with E-state index in [0.29, 0.717) is 5.56 Å². The van der Waals surface area contributed by atoms with E-state index in [-0.39, 0.29) is 5.97 Å². The monoisotopic (exact) mass is 354 g/mol. The van der Waals surface area contributed by atoms with Crippen molar-refractivity contribution in [2.75, 3.05) is 13.7 Å². The largest absolute Gasteiger partial charge is 0.494 e. The van der Waals surface area contributed by atoms with Crippen molar-refractivity contribution in [3.8, 4) is 5.75 Å². The summed E-state index contributed by atoms with van der Waals surface area (Å²) in [5.74, 6) is 0.570. The van der Waals surface area contributed by atoms with Gasteiger partial charge in [-0.25, -0.2) is 4.79 Å². The highest BCUT2D eigenvalue weighted by atomic mass is 16.5. The van der Waals surface area contributed by atoms with Crippen LogP contribution in [-0.2, 0) is 4.74 Å². The SMILES string of the molecule is C=CCCCCCCCCCOc1ccc2cc(C(=O)OC)ccc2c1. The molecule has 0 radical (unpaired) electrons. The molecule has 140 valence electrons. The fourth-order valence-electron chi connectivity index (χ4n) is 3.02. The Morgan fingerprint density at radius 1 is 0.923 bits per heavy atom. The number of carbonyl (C=O) groups is 1. The number of rotatable bonds is 12. The molecule has 0 atom stereocenters. The molecule has 0 aliphatic carbocycles. The zero-order valence-corrected chi connectivity index (χ0v) is 15.8. The second-order valence-corrected chi connectivity index (χ2v) is 6.62. The van der Waals surface area contributed by atoms with Crippen LogP contribution in [0.4, 0.5) is 0 Å². The first kappa shape index (κ1) is 20.0. The Morgan fingerprint density at radius 3 is 2.31 bits per heavy atom. The topological polar surface area (TPSA) is 35.5 Å². The number of ether oxygens (including phenoxy) is 2. The van der Waals surface area contributed by atoms with Crippen LogP contribution in [-0.4, -0.2) is 19.7 Å². The minimum absolute atomic E-state index is 0.312. The van der Waals surface area contributed by atoms with Crippen LogP contribution >= 0.6 is 0 Å². The molecule has 0 saturated carbocycles. The third-order valence-corrected chi connectivity index (χ3v) is 4.55. The highest BCUT2D eigenvalue weighted by molar-refractivity contribution is 5.95. The van der Waals surface area contributed by atoms with Crippen molar-refractivity contribution in [1.82, 2.24) is 0 Å². The van der Waals surface area contributed by atoms with Gasteiger partial charge >= 0.3 is 5.97 Å². The third kappa shape index (κ3) is 6.55. The maximum Gasteiger partial charge on any atom is 0.337 e. The van der Waals surface area contributed by atoms with Gasteiger partial charge in [0, 0.05) is 0 Å². The van der Waals surface area contributed by atoms with Gasteiger partial charge in [0.15, 0.2) is 0 Å². The summed E-state index contributed by atoms with van der Waals surface area (Å²) >= 11 is 0. The van der Waals surface area contributed by atoms with E-state index in [2.05, 4.69) is 6.58 Å². The van der Waals surface area contributed by atoms with Crippen molar-refractivity contribution in [3.05, 3.63) is 54.6 Å². The molecule has 26 heavy (non-hydrogen) atoms. The second kappa shape index (κ2) is 11.3. The lowest BCUT2D eigenvalue weighted by atomic mass is 10.1. The van der Waals surface area contributed by atoms with Crippen LogP contribution < -0.4 is 4.74 Å². The van der Waals surface area contributed by atoms with Crippen molar-refractivity contribution >= 4 is 16.7 Å². The number of carbonyl (C=O) groups excluding carboxylic acids is 1. The summed E-state index contributed by atoms with van der Waals surface area (Å²) in [6, 6.07) is 11.5. The van der Waals surface area contributed by atoms with Gasteiger partial charge in [0.1, 0.15) is 5.75 Å². The van der Waals surface area contributed by atoms with E-state index in [0.717, 1.165) is 36.0 Å². The molecule has 0 unspecified atom stereocenters. The predicted octanol–water partition coefficient (Wildman–Crippen LogP) is 6.31. The maximum absolute atomic E-state index is 11.6. The summed E-state index contributed by atoms with van der Waals surface area (Å²) in [5, 5.41) is 2.08. The van der Waals surface area contributed by atoms with Gasteiger partial charge in [-0.2, -0.15) is 0 Å². The van der Waals surface area contributed by atoms with Crippen LogP contribution in [0.15, 0.2) is 49.1 Å². The fraction of sp³-hybridized carbons (Fsp3) is 0.435. The Kier molecular flexibility index (Phi) is 8.74. The van der Waals surface area contributed by atoms with E-state index < -0.39 is 0 Å². The van der Waals surface area contributed by atoms with Gasteiger partial charge in [0.2, 0.25) is 0 Å². The summed E-state index contributed by atoms with van der Waals surface area (Å²) in [5.41, 5.74) is 0.568. The molecule has 0 amide bonds. The first-order chi connectivity index (χ1) is 12.7. The standard InChI is InChI=1S/C23H30O3/c1-3-4-5-6-7-8-9-10-11-16-26-22-15-14-19-17-21(23(24)25-2)13-12-20(19)18-22/h3,12-15,17-18H,1,4-11,16H2,2H3. The fourth-order valence-corrected chi connectivity index (χ4v) is 3.02. The summed E-state index contributed by atoms with van der Waals surface area (Å²) in [6.45, 7) is 4.50. The molecular formula is C23H30O3. The molecule has 0 aliphatic rings. The van der Waals surface area contributed by atoms with Gasteiger partial charge in [-0.15, -0.1) is 6.58 Å². The smallest absolute Gasteiger partial charge is 0.337 e. The first-order valence-electron chi connectivity index (χ1n) is 9.60. The molecule has 2 aromatic rings. The normalized spacial score (nSPS) is 10.7. The molecule has 2 aromatic carbocycles. The molecule has 3 heteroatoms. The van der Waals surface area contributed by atoms with E-state index >= 15 is 0 Å². The number of methoxy groups -OCH3 is 1. The minimum atomic E-state index is -0.312. The molecule has 0 N–H and O–H groups in total. The molecule has 0 aromatic heterocycles. The van der Waals surface area contributed by atoms with E-state index in [4.69, 9.17) is 9.47 Å². The molecule has 0 aliphatic heterocycles. The Balaban J connectivity index is 1.69. The molecule has 0 bridgehead atoms. The van der Waals surface area contributed by atoms with E-state index in [9.17, 15) is 4.79 Å². The van der Waals surface area contributed by atoms with E-state index in [1.807, 2.05) is 36.4 Å². The predicted molar refractivity (Wildman–Crippen MR) is 108 cm³/mol. The van der Waals surface area contributed by atoms with Crippen LogP contribution in [0.5, 0.6) is 5.75 Å². The zero-order chi connectivity index (χ0) is 18.6. The Morgan fingerprint density at radius 2 is 1.58 bits per heavy atom. The average molecular weight is 354 g/mol. The quantitative estimate of drug-likeness (QED) is 0.254. The summed E-state index contributed by atoms with van der Waals surface area (Å²) in [4.78, 5) is 11.6. The number of esters is 1. The van der Waals surface area contributed by atoms with Gasteiger partial charge in [-0.1, -0.05) is 50.3 Å². The first-order valence-corrected chi connectivity index (χ1v) is 9.60. The number of unbranched alkanes of at least 4 members (excludes halogenated alkanes) is 7. The summed E-state index contributed by atoms with van der Waals surface area (Å²) in [7, 11) is 1.40.